The minimum atomic E-state index is -0.967. The number of halogens is 1. The van der Waals surface area contributed by atoms with Crippen LogP contribution in [0.25, 0.3) is 0 Å². The number of hydrogen-bond acceptors (Lipinski definition) is 4. The number of anilines is 1. The number of nitrogens with zero attached hydrogens (tertiary/aromatic N) is 3. The van der Waals surface area contributed by atoms with E-state index in [2.05, 4.69) is 15.3 Å². The Hall–Kier alpha value is -4.39. The number of amides is 2. The van der Waals surface area contributed by atoms with Crippen molar-refractivity contribution in [2.75, 3.05) is 5.32 Å². The Kier molecular flexibility index (Phi) is 6.80. The van der Waals surface area contributed by atoms with Crippen molar-refractivity contribution in [2.45, 2.75) is 12.6 Å². The van der Waals surface area contributed by atoms with E-state index in [4.69, 9.17) is 0 Å². The molecule has 0 bridgehead atoms. The lowest BCUT2D eigenvalue weighted by Crippen LogP contribution is -2.41. The van der Waals surface area contributed by atoms with Crippen LogP contribution >= 0.6 is 0 Å². The Morgan fingerprint density at radius 2 is 1.55 bits per heavy atom. The molecule has 1 N–H and O–H groups in total. The first kappa shape index (κ1) is 21.8. The molecule has 0 fully saturated rings. The standard InChI is InChI=1S/C26H21FN4O2/c27-21-11-13-22(14-12-21)30-25(32)24(20-9-5-2-6-10-20)31(18-19-7-3-1-4-8-19)26(33)23-17-28-15-16-29-23/h1-17,24H,18H2,(H,30,32)/t24-/m0/s1. The average Bonchev–Trinajstić information content (AvgIpc) is 2.86. The van der Waals surface area contributed by atoms with Crippen molar-refractivity contribution in [3.8, 4) is 0 Å². The summed E-state index contributed by atoms with van der Waals surface area (Å²) in [6.45, 7) is 0.173. The first-order valence-corrected chi connectivity index (χ1v) is 10.3. The van der Waals surface area contributed by atoms with Gasteiger partial charge in [-0.15, -0.1) is 0 Å². The molecule has 0 aliphatic rings. The van der Waals surface area contributed by atoms with Crippen LogP contribution in [-0.4, -0.2) is 26.7 Å². The molecule has 0 aliphatic carbocycles. The molecule has 164 valence electrons. The van der Waals surface area contributed by atoms with Gasteiger partial charge in [-0.1, -0.05) is 60.7 Å². The highest BCUT2D eigenvalue weighted by molar-refractivity contribution is 6.00. The number of carbonyl (C=O) groups is 2. The van der Waals surface area contributed by atoms with Gasteiger partial charge >= 0.3 is 0 Å². The maximum atomic E-state index is 13.6. The van der Waals surface area contributed by atoms with Gasteiger partial charge in [-0.25, -0.2) is 9.37 Å². The molecule has 0 saturated heterocycles. The molecule has 0 spiro atoms. The fourth-order valence-electron chi connectivity index (χ4n) is 3.47. The zero-order chi connectivity index (χ0) is 23.0. The van der Waals surface area contributed by atoms with Crippen molar-refractivity contribution in [1.82, 2.24) is 14.9 Å². The van der Waals surface area contributed by atoms with Gasteiger partial charge in [-0.3, -0.25) is 14.6 Å². The lowest BCUT2D eigenvalue weighted by molar-refractivity contribution is -0.121. The summed E-state index contributed by atoms with van der Waals surface area (Å²) in [5, 5.41) is 2.80. The lowest BCUT2D eigenvalue weighted by Gasteiger charge is -2.31. The van der Waals surface area contributed by atoms with Gasteiger partial charge < -0.3 is 10.2 Å². The highest BCUT2D eigenvalue weighted by Gasteiger charge is 2.33. The predicted molar refractivity (Wildman–Crippen MR) is 123 cm³/mol. The second-order valence-corrected chi connectivity index (χ2v) is 7.32. The van der Waals surface area contributed by atoms with Crippen LogP contribution in [0.15, 0.2) is 104 Å². The van der Waals surface area contributed by atoms with Crippen molar-refractivity contribution in [2.24, 2.45) is 0 Å². The highest BCUT2D eigenvalue weighted by atomic mass is 19.1. The summed E-state index contributed by atoms with van der Waals surface area (Å²) >= 11 is 0. The van der Waals surface area contributed by atoms with Crippen LogP contribution in [0.4, 0.5) is 10.1 Å². The van der Waals surface area contributed by atoms with E-state index in [9.17, 15) is 14.0 Å². The predicted octanol–water partition coefficient (Wildman–Crippen LogP) is 4.64. The van der Waals surface area contributed by atoms with Gasteiger partial charge in [0.05, 0.1) is 6.20 Å². The second kappa shape index (κ2) is 10.3. The fraction of sp³-hybridized carbons (Fsp3) is 0.0769. The van der Waals surface area contributed by atoms with Crippen LogP contribution in [0, 0.1) is 5.82 Å². The van der Waals surface area contributed by atoms with Gasteiger partial charge in [0.1, 0.15) is 17.6 Å². The Balaban J connectivity index is 1.75. The molecular formula is C26H21FN4O2. The Bertz CT molecular complexity index is 1200. The zero-order valence-electron chi connectivity index (χ0n) is 17.6. The monoisotopic (exact) mass is 440 g/mol. The first-order valence-electron chi connectivity index (χ1n) is 10.3. The number of rotatable bonds is 7. The quantitative estimate of drug-likeness (QED) is 0.454. The van der Waals surface area contributed by atoms with Gasteiger partial charge in [0, 0.05) is 24.6 Å². The largest absolute Gasteiger partial charge is 0.324 e. The molecule has 1 atom stereocenters. The van der Waals surface area contributed by atoms with Crippen molar-refractivity contribution < 1.29 is 14.0 Å². The number of hydrogen-bond donors (Lipinski definition) is 1. The average molecular weight is 440 g/mol. The third-order valence-corrected chi connectivity index (χ3v) is 5.03. The molecule has 0 unspecified atom stereocenters. The lowest BCUT2D eigenvalue weighted by atomic mass is 10.0. The van der Waals surface area contributed by atoms with Crippen LogP contribution in [0.5, 0.6) is 0 Å². The molecule has 3 aromatic carbocycles. The Morgan fingerprint density at radius 1 is 0.879 bits per heavy atom. The zero-order valence-corrected chi connectivity index (χ0v) is 17.6. The Morgan fingerprint density at radius 3 is 2.18 bits per heavy atom. The fourth-order valence-corrected chi connectivity index (χ4v) is 3.47. The molecule has 33 heavy (non-hydrogen) atoms. The molecule has 2 amide bonds. The molecule has 1 aromatic heterocycles. The minimum Gasteiger partial charge on any atom is -0.324 e. The first-order chi connectivity index (χ1) is 16.1. The molecule has 0 aliphatic heterocycles. The van der Waals surface area contributed by atoms with E-state index in [1.807, 2.05) is 36.4 Å². The number of aromatic nitrogens is 2. The summed E-state index contributed by atoms with van der Waals surface area (Å²) < 4.78 is 13.3. The maximum absolute atomic E-state index is 13.6. The van der Waals surface area contributed by atoms with Crippen molar-refractivity contribution in [3.05, 3.63) is 126 Å². The summed E-state index contributed by atoms with van der Waals surface area (Å²) in [4.78, 5) is 36.7. The summed E-state index contributed by atoms with van der Waals surface area (Å²) in [7, 11) is 0. The number of benzene rings is 3. The van der Waals surface area contributed by atoms with Gasteiger partial charge in [-0.2, -0.15) is 0 Å². The van der Waals surface area contributed by atoms with E-state index in [-0.39, 0.29) is 12.2 Å². The Labute approximate surface area is 190 Å². The van der Waals surface area contributed by atoms with E-state index in [0.717, 1.165) is 5.56 Å². The van der Waals surface area contributed by atoms with Gasteiger partial charge in [-0.05, 0) is 35.4 Å². The normalized spacial score (nSPS) is 11.4. The van der Waals surface area contributed by atoms with E-state index in [0.29, 0.717) is 11.3 Å². The van der Waals surface area contributed by atoms with Crippen molar-refractivity contribution in [1.29, 1.82) is 0 Å². The third kappa shape index (κ3) is 5.46. The van der Waals surface area contributed by atoms with E-state index < -0.39 is 23.7 Å². The molecule has 1 heterocycles. The number of nitrogens with one attached hydrogen (secondary N) is 1. The van der Waals surface area contributed by atoms with Crippen molar-refractivity contribution >= 4 is 17.5 Å². The van der Waals surface area contributed by atoms with Crippen LogP contribution in [0.2, 0.25) is 0 Å². The van der Waals surface area contributed by atoms with Gasteiger partial charge in [0.15, 0.2) is 0 Å². The molecule has 4 rings (SSSR count). The highest BCUT2D eigenvalue weighted by Crippen LogP contribution is 2.27. The van der Waals surface area contributed by atoms with Crippen LogP contribution in [0.1, 0.15) is 27.7 Å². The number of carbonyl (C=O) groups excluding carboxylic acids is 2. The van der Waals surface area contributed by atoms with Crippen molar-refractivity contribution in [3.63, 3.8) is 0 Å². The van der Waals surface area contributed by atoms with E-state index >= 15 is 0 Å². The van der Waals surface area contributed by atoms with Gasteiger partial charge in [0.25, 0.3) is 11.8 Å². The molecule has 0 saturated carbocycles. The third-order valence-electron chi connectivity index (χ3n) is 5.03. The van der Waals surface area contributed by atoms with Crippen LogP contribution < -0.4 is 5.32 Å². The van der Waals surface area contributed by atoms with Crippen LogP contribution in [-0.2, 0) is 11.3 Å². The summed E-state index contributed by atoms with van der Waals surface area (Å²) in [5.74, 6) is -1.27. The summed E-state index contributed by atoms with van der Waals surface area (Å²) in [5.41, 5.74) is 2.04. The van der Waals surface area contributed by atoms with E-state index in [1.165, 1.54) is 47.8 Å². The van der Waals surface area contributed by atoms with E-state index in [1.54, 1.807) is 24.3 Å². The summed E-state index contributed by atoms with van der Waals surface area (Å²) in [6, 6.07) is 22.9. The second-order valence-electron chi connectivity index (χ2n) is 7.32. The molecule has 6 nitrogen and oxygen atoms in total. The maximum Gasteiger partial charge on any atom is 0.275 e. The van der Waals surface area contributed by atoms with Gasteiger partial charge in [0.2, 0.25) is 0 Å². The molecular weight excluding hydrogens is 419 g/mol. The SMILES string of the molecule is O=C(Nc1ccc(F)cc1)[C@H](c1ccccc1)N(Cc1ccccc1)C(=O)c1cnccn1. The smallest absolute Gasteiger partial charge is 0.275 e. The van der Waals surface area contributed by atoms with Crippen LogP contribution in [0.3, 0.4) is 0 Å². The summed E-state index contributed by atoms with van der Waals surface area (Å²) in [6.07, 6.45) is 4.29. The molecule has 0 radical (unpaired) electrons. The topological polar surface area (TPSA) is 75.2 Å². The molecule has 4 aromatic rings. The molecule has 7 heteroatoms. The minimum absolute atomic E-state index is 0.129.